The number of nitrogens with two attached hydrogens (primary N) is 1. The molecule has 3 aromatic carbocycles. The molecule has 0 radical (unpaired) electrons. The smallest absolute Gasteiger partial charge is 0.349 e. The largest absolute Gasteiger partial charge is 0.422 e. The lowest BCUT2D eigenvalue weighted by atomic mass is 10.0. The van der Waals surface area contributed by atoms with E-state index in [2.05, 4.69) is 4.99 Å². The molecule has 9 nitrogen and oxygen atoms in total. The van der Waals surface area contributed by atoms with Gasteiger partial charge in [0.25, 0.3) is 5.91 Å². The molecule has 0 saturated heterocycles. The summed E-state index contributed by atoms with van der Waals surface area (Å²) in [7, 11) is -3.91. The predicted molar refractivity (Wildman–Crippen MR) is 138 cm³/mol. The molecule has 0 bridgehead atoms. The van der Waals surface area contributed by atoms with Gasteiger partial charge >= 0.3 is 5.63 Å². The SMILES string of the molecule is CCOCCn1c(=NC(=O)c2cc3c(ccc4ccccc43)oc2=O)sc2cc(S(N)(=O)=O)ccc21. The summed E-state index contributed by atoms with van der Waals surface area (Å²) in [6.07, 6.45) is 0. The minimum Gasteiger partial charge on any atom is -0.422 e. The van der Waals surface area contributed by atoms with Crippen LogP contribution in [0.25, 0.3) is 32.0 Å². The van der Waals surface area contributed by atoms with Crippen LogP contribution in [0.3, 0.4) is 0 Å². The van der Waals surface area contributed by atoms with Crippen molar-refractivity contribution in [2.75, 3.05) is 13.2 Å². The van der Waals surface area contributed by atoms with E-state index in [4.69, 9.17) is 14.3 Å². The van der Waals surface area contributed by atoms with Gasteiger partial charge in [0.1, 0.15) is 11.1 Å². The summed E-state index contributed by atoms with van der Waals surface area (Å²) in [6.45, 7) is 3.10. The number of sulfonamides is 1. The second-order valence-corrected chi connectivity index (χ2v) is 10.5. The summed E-state index contributed by atoms with van der Waals surface area (Å²) < 4.78 is 36.8. The molecule has 0 saturated carbocycles. The predicted octanol–water partition coefficient (Wildman–Crippen LogP) is 3.39. The monoisotopic (exact) mass is 523 g/mol. The minimum absolute atomic E-state index is 0.0480. The molecule has 5 aromatic rings. The molecule has 36 heavy (non-hydrogen) atoms. The average Bonchev–Trinajstić information content (AvgIpc) is 3.19. The van der Waals surface area contributed by atoms with Gasteiger partial charge in [-0.25, -0.2) is 18.4 Å². The first-order chi connectivity index (χ1) is 17.3. The van der Waals surface area contributed by atoms with E-state index in [-0.39, 0.29) is 10.5 Å². The van der Waals surface area contributed by atoms with Gasteiger partial charge in [-0.1, -0.05) is 41.7 Å². The Labute approximate surface area is 209 Å². The molecule has 11 heteroatoms. The van der Waals surface area contributed by atoms with Crippen LogP contribution in [-0.2, 0) is 21.3 Å². The maximum absolute atomic E-state index is 13.2. The summed E-state index contributed by atoms with van der Waals surface area (Å²) in [5.74, 6) is -0.762. The molecule has 2 aromatic heterocycles. The van der Waals surface area contributed by atoms with Gasteiger partial charge in [0, 0.05) is 18.5 Å². The lowest BCUT2D eigenvalue weighted by Gasteiger charge is -2.06. The molecule has 1 amide bonds. The molecule has 0 aliphatic carbocycles. The van der Waals surface area contributed by atoms with Crippen LogP contribution in [0.1, 0.15) is 17.3 Å². The Morgan fingerprint density at radius 1 is 1.11 bits per heavy atom. The number of amides is 1. The first kappa shape index (κ1) is 24.1. The standard InChI is InChI=1S/C25H21N3O6S2/c1-2-33-12-11-28-20-9-8-16(36(26,31)32)13-22(20)35-25(28)27-23(29)19-14-18-17-6-4-3-5-15(17)7-10-21(18)34-24(19)30/h3-10,13-14H,2,11-12H2,1H3,(H2,26,31,32). The molecule has 0 aliphatic heterocycles. The lowest BCUT2D eigenvalue weighted by molar-refractivity contribution is 0.0993. The number of carbonyl (C=O) groups is 1. The van der Waals surface area contributed by atoms with E-state index in [0.29, 0.717) is 45.7 Å². The highest BCUT2D eigenvalue weighted by atomic mass is 32.2. The number of primary sulfonamides is 1. The van der Waals surface area contributed by atoms with Gasteiger partial charge in [0.2, 0.25) is 10.0 Å². The Hall–Kier alpha value is -3.64. The number of ether oxygens (including phenoxy) is 1. The van der Waals surface area contributed by atoms with E-state index in [1.165, 1.54) is 18.2 Å². The first-order valence-corrected chi connectivity index (χ1v) is 13.4. The fourth-order valence-electron chi connectivity index (χ4n) is 4.00. The second-order valence-electron chi connectivity index (χ2n) is 7.97. The van der Waals surface area contributed by atoms with Crippen molar-refractivity contribution in [1.82, 2.24) is 4.57 Å². The molecule has 0 aliphatic rings. The molecule has 5 rings (SSSR count). The highest BCUT2D eigenvalue weighted by molar-refractivity contribution is 7.89. The van der Waals surface area contributed by atoms with Crippen molar-refractivity contribution in [3.05, 3.63) is 81.4 Å². The van der Waals surface area contributed by atoms with Crippen LogP contribution in [0.5, 0.6) is 0 Å². The molecule has 0 unspecified atom stereocenters. The topological polar surface area (TPSA) is 134 Å². The zero-order chi connectivity index (χ0) is 25.4. The van der Waals surface area contributed by atoms with E-state index in [0.717, 1.165) is 22.1 Å². The fraction of sp³-hybridized carbons (Fsp3) is 0.160. The van der Waals surface area contributed by atoms with Crippen molar-refractivity contribution >= 4 is 59.2 Å². The number of aromatic nitrogens is 1. The molecule has 2 heterocycles. The van der Waals surface area contributed by atoms with Crippen LogP contribution < -0.4 is 15.6 Å². The quantitative estimate of drug-likeness (QED) is 0.206. The molecule has 2 N–H and O–H groups in total. The Morgan fingerprint density at radius 3 is 2.69 bits per heavy atom. The second kappa shape index (κ2) is 9.43. The Morgan fingerprint density at radius 2 is 1.92 bits per heavy atom. The van der Waals surface area contributed by atoms with E-state index in [1.54, 1.807) is 16.7 Å². The zero-order valence-corrected chi connectivity index (χ0v) is 20.8. The Bertz CT molecular complexity index is 1880. The number of nitrogens with zero attached hydrogens (tertiary/aromatic N) is 2. The van der Waals surface area contributed by atoms with Crippen molar-refractivity contribution in [2.24, 2.45) is 10.1 Å². The third-order valence-corrected chi connectivity index (χ3v) is 7.67. The van der Waals surface area contributed by atoms with Gasteiger partial charge in [0.15, 0.2) is 4.80 Å². The van der Waals surface area contributed by atoms with Crippen LogP contribution >= 0.6 is 11.3 Å². The average molecular weight is 524 g/mol. The van der Waals surface area contributed by atoms with E-state index < -0.39 is 21.6 Å². The highest BCUT2D eigenvalue weighted by Crippen LogP contribution is 2.25. The molecule has 184 valence electrons. The third kappa shape index (κ3) is 4.49. The van der Waals surface area contributed by atoms with Gasteiger partial charge < -0.3 is 13.7 Å². The van der Waals surface area contributed by atoms with Crippen molar-refractivity contribution in [2.45, 2.75) is 18.4 Å². The van der Waals surface area contributed by atoms with E-state index >= 15 is 0 Å². The maximum atomic E-state index is 13.2. The van der Waals surface area contributed by atoms with Crippen LogP contribution in [0.15, 0.2) is 79.8 Å². The van der Waals surface area contributed by atoms with Gasteiger partial charge in [-0.2, -0.15) is 4.99 Å². The Balaban J connectivity index is 1.67. The molecule has 0 fully saturated rings. The maximum Gasteiger partial charge on any atom is 0.349 e. The van der Waals surface area contributed by atoms with Crippen molar-refractivity contribution in [3.8, 4) is 0 Å². The number of fused-ring (bicyclic) bond motifs is 4. The summed E-state index contributed by atoms with van der Waals surface area (Å²) in [5, 5.41) is 7.69. The van der Waals surface area contributed by atoms with E-state index in [1.807, 2.05) is 37.3 Å². The summed E-state index contributed by atoms with van der Waals surface area (Å²) in [6, 6.07) is 17.1. The van der Waals surface area contributed by atoms with Gasteiger partial charge in [0.05, 0.1) is 21.7 Å². The highest BCUT2D eigenvalue weighted by Gasteiger charge is 2.17. The van der Waals surface area contributed by atoms with Crippen LogP contribution in [-0.4, -0.2) is 32.1 Å². The van der Waals surface area contributed by atoms with E-state index in [9.17, 15) is 18.0 Å². The molecular formula is C25H21N3O6S2. The number of hydrogen-bond acceptors (Lipinski definition) is 7. The van der Waals surface area contributed by atoms with Crippen LogP contribution in [0, 0.1) is 0 Å². The third-order valence-electron chi connectivity index (χ3n) is 5.72. The van der Waals surface area contributed by atoms with Gasteiger partial charge in [-0.05, 0) is 48.0 Å². The summed E-state index contributed by atoms with van der Waals surface area (Å²) in [4.78, 5) is 30.4. The summed E-state index contributed by atoms with van der Waals surface area (Å²) >= 11 is 1.11. The van der Waals surface area contributed by atoms with Crippen LogP contribution in [0.2, 0.25) is 0 Å². The number of hydrogen-bond donors (Lipinski definition) is 1. The zero-order valence-electron chi connectivity index (χ0n) is 19.1. The minimum atomic E-state index is -3.91. The van der Waals surface area contributed by atoms with Gasteiger partial charge in [-0.15, -0.1) is 0 Å². The van der Waals surface area contributed by atoms with Crippen LogP contribution in [0.4, 0.5) is 0 Å². The first-order valence-electron chi connectivity index (χ1n) is 11.0. The van der Waals surface area contributed by atoms with Crippen molar-refractivity contribution in [1.29, 1.82) is 0 Å². The summed E-state index contributed by atoms with van der Waals surface area (Å²) in [5.41, 5.74) is 0.0533. The fourth-order valence-corrected chi connectivity index (χ4v) is 5.71. The van der Waals surface area contributed by atoms with Crippen molar-refractivity contribution in [3.63, 3.8) is 0 Å². The number of carbonyl (C=O) groups excluding carboxylic acids is 1. The lowest BCUT2D eigenvalue weighted by Crippen LogP contribution is -2.21. The molecular weight excluding hydrogens is 502 g/mol. The molecule has 0 atom stereocenters. The number of benzene rings is 3. The Kier molecular flexibility index (Phi) is 6.31. The molecule has 0 spiro atoms. The number of thiazole rings is 1. The number of rotatable bonds is 6. The van der Waals surface area contributed by atoms with Crippen molar-refractivity contribution < 1.29 is 22.4 Å². The normalized spacial score (nSPS) is 12.7. The van der Waals surface area contributed by atoms with Gasteiger partial charge in [-0.3, -0.25) is 4.79 Å².